The van der Waals surface area contributed by atoms with Crippen LogP contribution in [0.4, 0.5) is 4.79 Å². The zero-order chi connectivity index (χ0) is 27.5. The van der Waals surface area contributed by atoms with Crippen molar-refractivity contribution in [3.63, 3.8) is 0 Å². The summed E-state index contributed by atoms with van der Waals surface area (Å²) >= 11 is 0. The molecule has 1 heterocycles. The maximum absolute atomic E-state index is 12.3. The van der Waals surface area contributed by atoms with E-state index < -0.39 is 67.3 Å². The first-order valence-corrected chi connectivity index (χ1v) is 11.5. The Labute approximate surface area is 212 Å². The number of carbonyl (C=O) groups is 3. The molecule has 1 aromatic rings. The minimum atomic E-state index is -1.58. The standard InChI is InChI=1S/C23H31N3O11/c1-12(2)35-21(32)16(8-5-14(28)9-25-24)26-23(33)34-11-13-3-6-15(7-4-13)36-22-20(31)19(30)18(29)17(10-27)37-22/h3-4,6-7,9,12,16-20,22,27,29-31H,5,8,10-11H2,1-2H3,(H,26,33)/t16-,17+,18+,19-,20+,22+/m0/s1. The van der Waals surface area contributed by atoms with Crippen LogP contribution in [0.5, 0.6) is 5.75 Å². The van der Waals surface area contributed by atoms with Crippen molar-refractivity contribution in [1.29, 1.82) is 0 Å². The highest BCUT2D eigenvalue weighted by Crippen LogP contribution is 2.24. The number of nitrogens with one attached hydrogen (secondary N) is 1. The number of aliphatic hydroxyl groups is 4. The van der Waals surface area contributed by atoms with Crippen molar-refractivity contribution >= 4 is 24.1 Å². The molecule has 1 fully saturated rings. The van der Waals surface area contributed by atoms with Crippen molar-refractivity contribution in [3.05, 3.63) is 35.4 Å². The van der Waals surface area contributed by atoms with Crippen LogP contribution in [-0.2, 0) is 30.4 Å². The minimum absolute atomic E-state index is 0.102. The Hall–Kier alpha value is -3.39. The summed E-state index contributed by atoms with van der Waals surface area (Å²) in [6, 6.07) is 4.89. The van der Waals surface area contributed by atoms with Gasteiger partial charge in [-0.05, 0) is 38.0 Å². The molecule has 0 saturated carbocycles. The molecule has 1 aliphatic rings. The number of amides is 1. The lowest BCUT2D eigenvalue weighted by molar-refractivity contribution is -0.277. The van der Waals surface area contributed by atoms with Crippen LogP contribution in [0.3, 0.4) is 0 Å². The summed E-state index contributed by atoms with van der Waals surface area (Å²) in [6.45, 7) is 2.48. The average molecular weight is 526 g/mol. The topological polar surface area (TPSA) is 217 Å². The van der Waals surface area contributed by atoms with Gasteiger partial charge in [-0.25, -0.2) is 9.59 Å². The van der Waals surface area contributed by atoms with Gasteiger partial charge in [0, 0.05) is 6.42 Å². The predicted octanol–water partition coefficient (Wildman–Crippen LogP) is -0.938. The average Bonchev–Trinajstić information content (AvgIpc) is 2.86. The summed E-state index contributed by atoms with van der Waals surface area (Å²) in [5.74, 6) is -1.08. The molecule has 1 aromatic carbocycles. The smallest absolute Gasteiger partial charge is 0.408 e. The number of rotatable bonds is 12. The van der Waals surface area contributed by atoms with Crippen LogP contribution in [0.15, 0.2) is 24.3 Å². The number of alkyl carbamates (subject to hydrolysis) is 1. The molecule has 0 spiro atoms. The normalized spacial score (nSPS) is 23.9. The Morgan fingerprint density at radius 2 is 1.81 bits per heavy atom. The molecule has 6 atom stereocenters. The number of nitrogens with zero attached hydrogens (tertiary/aromatic N) is 2. The van der Waals surface area contributed by atoms with Gasteiger partial charge < -0.3 is 50.2 Å². The number of hydrogen-bond donors (Lipinski definition) is 5. The maximum atomic E-state index is 12.3. The second-order valence-electron chi connectivity index (χ2n) is 8.47. The summed E-state index contributed by atoms with van der Waals surface area (Å²) < 4.78 is 21.0. The first-order chi connectivity index (χ1) is 17.5. The fraction of sp³-hybridized carbons (Fsp3) is 0.565. The first kappa shape index (κ1) is 29.8. The number of ether oxygens (including phenoxy) is 4. The molecule has 14 heteroatoms. The van der Waals surface area contributed by atoms with Crippen molar-refractivity contribution in [2.24, 2.45) is 0 Å². The molecule has 14 nitrogen and oxygen atoms in total. The minimum Gasteiger partial charge on any atom is -0.462 e. The Bertz CT molecular complexity index is 963. The largest absolute Gasteiger partial charge is 0.462 e. The van der Waals surface area contributed by atoms with Gasteiger partial charge in [0.25, 0.3) is 0 Å². The van der Waals surface area contributed by atoms with E-state index in [0.29, 0.717) is 11.8 Å². The Morgan fingerprint density at radius 3 is 2.41 bits per heavy atom. The van der Waals surface area contributed by atoms with Gasteiger partial charge >= 0.3 is 18.3 Å². The van der Waals surface area contributed by atoms with Crippen molar-refractivity contribution in [1.82, 2.24) is 5.32 Å². The summed E-state index contributed by atoms with van der Waals surface area (Å²) in [7, 11) is 0. The molecule has 0 aliphatic carbocycles. The molecule has 0 radical (unpaired) electrons. The van der Waals surface area contributed by atoms with Gasteiger partial charge in [0.05, 0.1) is 12.7 Å². The number of ketones is 1. The van der Waals surface area contributed by atoms with Crippen molar-refractivity contribution in [2.75, 3.05) is 6.61 Å². The molecular weight excluding hydrogens is 494 g/mol. The van der Waals surface area contributed by atoms with Gasteiger partial charge in [-0.3, -0.25) is 4.79 Å². The molecule has 5 N–H and O–H groups in total. The lowest BCUT2D eigenvalue weighted by Crippen LogP contribution is -2.60. The van der Waals surface area contributed by atoms with E-state index in [1.165, 1.54) is 12.1 Å². The molecule has 2 rings (SSSR count). The highest BCUT2D eigenvalue weighted by molar-refractivity contribution is 6.25. The second kappa shape index (κ2) is 14.4. The fourth-order valence-electron chi connectivity index (χ4n) is 3.27. The third-order valence-electron chi connectivity index (χ3n) is 5.20. The third-order valence-corrected chi connectivity index (χ3v) is 5.20. The molecule has 37 heavy (non-hydrogen) atoms. The maximum Gasteiger partial charge on any atom is 0.408 e. The van der Waals surface area contributed by atoms with Crippen LogP contribution < -0.4 is 10.1 Å². The number of esters is 1. The van der Waals surface area contributed by atoms with E-state index in [-0.39, 0.29) is 25.2 Å². The van der Waals surface area contributed by atoms with Gasteiger partial charge in [-0.15, -0.1) is 0 Å². The lowest BCUT2D eigenvalue weighted by atomic mass is 9.99. The molecule has 204 valence electrons. The van der Waals surface area contributed by atoms with Crippen LogP contribution in [0.25, 0.3) is 5.53 Å². The number of benzene rings is 1. The van der Waals surface area contributed by atoms with Crippen LogP contribution in [0.2, 0.25) is 0 Å². The molecule has 1 saturated heterocycles. The van der Waals surface area contributed by atoms with Gasteiger partial charge in [0.1, 0.15) is 42.8 Å². The molecule has 0 bridgehead atoms. The highest BCUT2D eigenvalue weighted by Gasteiger charge is 2.44. The van der Waals surface area contributed by atoms with E-state index in [4.69, 9.17) is 24.5 Å². The van der Waals surface area contributed by atoms with Gasteiger partial charge in [0.15, 0.2) is 0 Å². The Morgan fingerprint density at radius 1 is 1.14 bits per heavy atom. The quantitative estimate of drug-likeness (QED) is 0.0970. The van der Waals surface area contributed by atoms with E-state index in [2.05, 4.69) is 10.1 Å². The number of carbonyl (C=O) groups excluding carboxylic acids is 3. The van der Waals surface area contributed by atoms with Gasteiger partial charge in [0.2, 0.25) is 12.1 Å². The van der Waals surface area contributed by atoms with Crippen molar-refractivity contribution < 1.29 is 58.5 Å². The molecular formula is C23H31N3O11. The third kappa shape index (κ3) is 9.21. The number of aliphatic hydroxyl groups excluding tert-OH is 4. The lowest BCUT2D eigenvalue weighted by Gasteiger charge is -2.39. The monoisotopic (exact) mass is 525 g/mol. The van der Waals surface area contributed by atoms with E-state index in [1.807, 2.05) is 0 Å². The SMILES string of the molecule is CC(C)OC(=O)[C@H](CCC(=O)C=[N+]=[N-])NC(=O)OCc1ccc(O[C@@H]2O[C@H](CO)[C@@H](O)[C@H](O)[C@H]2O)cc1. The zero-order valence-corrected chi connectivity index (χ0v) is 20.3. The predicted molar refractivity (Wildman–Crippen MR) is 123 cm³/mol. The number of Topliss-reactive ketones (excluding diaryl/α,β-unsaturated/α-hetero) is 1. The van der Waals surface area contributed by atoms with E-state index >= 15 is 0 Å². The highest BCUT2D eigenvalue weighted by atomic mass is 16.7. The first-order valence-electron chi connectivity index (χ1n) is 11.5. The van der Waals surface area contributed by atoms with Crippen LogP contribution >= 0.6 is 0 Å². The molecule has 1 aliphatic heterocycles. The van der Waals surface area contributed by atoms with Crippen LogP contribution in [0, 0.1) is 0 Å². The summed E-state index contributed by atoms with van der Waals surface area (Å²) in [5.41, 5.74) is 8.95. The van der Waals surface area contributed by atoms with Crippen molar-refractivity contribution in [2.45, 2.75) is 76.1 Å². The van der Waals surface area contributed by atoms with Crippen molar-refractivity contribution in [3.8, 4) is 5.75 Å². The van der Waals surface area contributed by atoms with Crippen LogP contribution in [0.1, 0.15) is 32.3 Å². The van der Waals surface area contributed by atoms with E-state index in [9.17, 15) is 34.8 Å². The Kier molecular flexibility index (Phi) is 11.6. The molecule has 1 amide bonds. The number of hydrogen-bond acceptors (Lipinski definition) is 11. The fourth-order valence-corrected chi connectivity index (χ4v) is 3.27. The van der Waals surface area contributed by atoms with Gasteiger partial charge in [-0.1, -0.05) is 12.1 Å². The van der Waals surface area contributed by atoms with Crippen LogP contribution in [-0.4, -0.2) is 98.7 Å². The van der Waals surface area contributed by atoms with E-state index in [1.54, 1.807) is 26.0 Å². The summed E-state index contributed by atoms with van der Waals surface area (Å²) in [5, 5.41) is 41.3. The molecule has 0 unspecified atom stereocenters. The summed E-state index contributed by atoms with van der Waals surface area (Å²) in [6.07, 6.45) is -8.09. The molecule has 0 aromatic heterocycles. The summed E-state index contributed by atoms with van der Waals surface area (Å²) in [4.78, 5) is 38.7. The van der Waals surface area contributed by atoms with Gasteiger partial charge in [-0.2, -0.15) is 4.79 Å². The Balaban J connectivity index is 1.91. The second-order valence-corrected chi connectivity index (χ2v) is 8.47. The van der Waals surface area contributed by atoms with E-state index in [0.717, 1.165) is 0 Å². The zero-order valence-electron chi connectivity index (χ0n) is 20.3.